The smallest absolute Gasteiger partial charge is 0.165 e. The van der Waals surface area contributed by atoms with Gasteiger partial charge in [-0.1, -0.05) is 29.8 Å². The van der Waals surface area contributed by atoms with Crippen LogP contribution >= 0.6 is 0 Å². The van der Waals surface area contributed by atoms with E-state index in [1.807, 2.05) is 32.0 Å². The molecule has 0 aliphatic rings. The molecule has 3 heteroatoms. The number of aliphatic hydroxyl groups excluding tert-OH is 1. The molecule has 0 aliphatic carbocycles. The van der Waals surface area contributed by atoms with Crippen LogP contribution < -0.4 is 4.74 Å². The van der Waals surface area contributed by atoms with Crippen LogP contribution in [-0.2, 0) is 0 Å². The summed E-state index contributed by atoms with van der Waals surface area (Å²) in [4.78, 5) is 0. The van der Waals surface area contributed by atoms with Gasteiger partial charge >= 0.3 is 0 Å². The highest BCUT2D eigenvalue weighted by molar-refractivity contribution is 5.39. The molecule has 0 saturated heterocycles. The molecule has 0 bridgehead atoms. The van der Waals surface area contributed by atoms with Gasteiger partial charge in [-0.25, -0.2) is 4.39 Å². The molecule has 0 saturated carbocycles. The maximum absolute atomic E-state index is 13.7. The van der Waals surface area contributed by atoms with Gasteiger partial charge in [0.15, 0.2) is 11.6 Å². The fraction of sp³-hybridized carbons (Fsp3) is 0.250. The Bertz CT molecular complexity index is 593. The third-order valence-corrected chi connectivity index (χ3v) is 3.22. The second-order valence-electron chi connectivity index (χ2n) is 4.66. The molecule has 1 unspecified atom stereocenters. The number of aryl methyl sites for hydroxylation is 2. The van der Waals surface area contributed by atoms with Crippen molar-refractivity contribution in [2.45, 2.75) is 20.0 Å². The molecule has 0 amide bonds. The number of methoxy groups -OCH3 is 1. The first-order valence-electron chi connectivity index (χ1n) is 6.11. The van der Waals surface area contributed by atoms with E-state index in [-0.39, 0.29) is 5.75 Å². The topological polar surface area (TPSA) is 29.5 Å². The second kappa shape index (κ2) is 5.41. The van der Waals surface area contributed by atoms with Crippen LogP contribution in [0.1, 0.15) is 28.4 Å². The van der Waals surface area contributed by atoms with Gasteiger partial charge in [0.25, 0.3) is 0 Å². The van der Waals surface area contributed by atoms with Crippen molar-refractivity contribution >= 4 is 0 Å². The molecule has 0 aliphatic heterocycles. The SMILES string of the molecule is COc1ccc(C(O)c2cc(C)ccc2C)cc1F. The van der Waals surface area contributed by atoms with Crippen LogP contribution in [0, 0.1) is 19.7 Å². The van der Waals surface area contributed by atoms with Crippen LogP contribution in [0.3, 0.4) is 0 Å². The van der Waals surface area contributed by atoms with Gasteiger partial charge in [0.1, 0.15) is 6.10 Å². The van der Waals surface area contributed by atoms with Crippen molar-refractivity contribution in [2.24, 2.45) is 0 Å². The predicted molar refractivity (Wildman–Crippen MR) is 72.9 cm³/mol. The first-order valence-corrected chi connectivity index (χ1v) is 6.11. The Morgan fingerprint density at radius 1 is 1.11 bits per heavy atom. The minimum absolute atomic E-state index is 0.178. The van der Waals surface area contributed by atoms with E-state index in [9.17, 15) is 9.50 Å². The first kappa shape index (κ1) is 13.6. The number of rotatable bonds is 3. The Hall–Kier alpha value is -1.87. The molecule has 19 heavy (non-hydrogen) atoms. The minimum Gasteiger partial charge on any atom is -0.494 e. The summed E-state index contributed by atoms with van der Waals surface area (Å²) in [5.74, 6) is -0.290. The lowest BCUT2D eigenvalue weighted by atomic mass is 9.96. The molecule has 1 atom stereocenters. The van der Waals surface area contributed by atoms with Crippen molar-refractivity contribution in [2.75, 3.05) is 7.11 Å². The number of halogens is 1. The molecule has 0 spiro atoms. The molecule has 2 aromatic carbocycles. The van der Waals surface area contributed by atoms with Gasteiger partial charge in [-0.15, -0.1) is 0 Å². The molecule has 2 aromatic rings. The maximum atomic E-state index is 13.7. The molecular formula is C16H17FO2. The number of ether oxygens (including phenoxy) is 1. The lowest BCUT2D eigenvalue weighted by Gasteiger charge is -2.15. The van der Waals surface area contributed by atoms with Gasteiger partial charge in [0.2, 0.25) is 0 Å². The highest BCUT2D eigenvalue weighted by Crippen LogP contribution is 2.28. The first-order chi connectivity index (χ1) is 9.02. The lowest BCUT2D eigenvalue weighted by Crippen LogP contribution is -2.03. The quantitative estimate of drug-likeness (QED) is 0.914. The summed E-state index contributed by atoms with van der Waals surface area (Å²) in [6.45, 7) is 3.89. The number of aliphatic hydroxyl groups is 1. The van der Waals surface area contributed by atoms with E-state index in [1.165, 1.54) is 19.2 Å². The molecule has 0 aromatic heterocycles. The van der Waals surface area contributed by atoms with Crippen LogP contribution in [0.2, 0.25) is 0 Å². The Kier molecular flexibility index (Phi) is 3.86. The summed E-state index contributed by atoms with van der Waals surface area (Å²) in [5.41, 5.74) is 3.36. The normalized spacial score (nSPS) is 12.3. The van der Waals surface area contributed by atoms with Gasteiger partial charge in [0.05, 0.1) is 7.11 Å². The van der Waals surface area contributed by atoms with Gasteiger partial charge in [0, 0.05) is 0 Å². The van der Waals surface area contributed by atoms with E-state index in [2.05, 4.69) is 0 Å². The van der Waals surface area contributed by atoms with Crippen molar-refractivity contribution < 1.29 is 14.2 Å². The van der Waals surface area contributed by atoms with Gasteiger partial charge in [-0.2, -0.15) is 0 Å². The predicted octanol–water partition coefficient (Wildman–Crippen LogP) is 3.53. The van der Waals surface area contributed by atoms with Gasteiger partial charge in [-0.05, 0) is 42.7 Å². The zero-order chi connectivity index (χ0) is 14.0. The number of hydrogen-bond donors (Lipinski definition) is 1. The van der Waals surface area contributed by atoms with Crippen LogP contribution in [0.25, 0.3) is 0 Å². The van der Waals surface area contributed by atoms with Crippen molar-refractivity contribution in [3.8, 4) is 5.75 Å². The second-order valence-corrected chi connectivity index (χ2v) is 4.66. The summed E-state index contributed by atoms with van der Waals surface area (Å²) >= 11 is 0. The third-order valence-electron chi connectivity index (χ3n) is 3.22. The molecule has 2 rings (SSSR count). The van der Waals surface area contributed by atoms with Crippen LogP contribution in [0.15, 0.2) is 36.4 Å². The van der Waals surface area contributed by atoms with Crippen LogP contribution in [0.5, 0.6) is 5.75 Å². The zero-order valence-electron chi connectivity index (χ0n) is 11.3. The fourth-order valence-corrected chi connectivity index (χ4v) is 2.09. The van der Waals surface area contributed by atoms with E-state index in [4.69, 9.17) is 4.74 Å². The summed E-state index contributed by atoms with van der Waals surface area (Å²) in [6, 6.07) is 10.4. The molecule has 0 fully saturated rings. The molecule has 0 heterocycles. The van der Waals surface area contributed by atoms with Crippen LogP contribution in [-0.4, -0.2) is 12.2 Å². The molecule has 2 nitrogen and oxygen atoms in total. The van der Waals surface area contributed by atoms with Crippen molar-refractivity contribution in [3.63, 3.8) is 0 Å². The van der Waals surface area contributed by atoms with E-state index < -0.39 is 11.9 Å². The van der Waals surface area contributed by atoms with Crippen molar-refractivity contribution in [1.29, 1.82) is 0 Å². The largest absolute Gasteiger partial charge is 0.494 e. The van der Waals surface area contributed by atoms with Crippen molar-refractivity contribution in [3.05, 3.63) is 64.5 Å². The Morgan fingerprint density at radius 3 is 2.47 bits per heavy atom. The Morgan fingerprint density at radius 2 is 1.84 bits per heavy atom. The average Bonchev–Trinajstić information content (AvgIpc) is 2.40. The summed E-state index contributed by atoms with van der Waals surface area (Å²) in [6.07, 6.45) is -0.833. The minimum atomic E-state index is -0.833. The molecule has 100 valence electrons. The molecular weight excluding hydrogens is 243 g/mol. The monoisotopic (exact) mass is 260 g/mol. The van der Waals surface area contributed by atoms with E-state index in [0.29, 0.717) is 5.56 Å². The van der Waals surface area contributed by atoms with Crippen molar-refractivity contribution in [1.82, 2.24) is 0 Å². The van der Waals surface area contributed by atoms with E-state index >= 15 is 0 Å². The average molecular weight is 260 g/mol. The zero-order valence-corrected chi connectivity index (χ0v) is 11.3. The number of benzene rings is 2. The third kappa shape index (κ3) is 2.76. The van der Waals surface area contributed by atoms with E-state index in [1.54, 1.807) is 6.07 Å². The summed E-state index contributed by atoms with van der Waals surface area (Å²) < 4.78 is 18.5. The Labute approximate surface area is 112 Å². The highest BCUT2D eigenvalue weighted by atomic mass is 19.1. The molecule has 0 radical (unpaired) electrons. The Balaban J connectivity index is 2.41. The maximum Gasteiger partial charge on any atom is 0.165 e. The standard InChI is InChI=1S/C16H17FO2/c1-10-4-5-11(2)13(8-10)16(18)12-6-7-15(19-3)14(17)9-12/h4-9,16,18H,1-3H3. The lowest BCUT2D eigenvalue weighted by molar-refractivity contribution is 0.218. The van der Waals surface area contributed by atoms with Gasteiger partial charge in [-0.3, -0.25) is 0 Å². The fourth-order valence-electron chi connectivity index (χ4n) is 2.09. The number of hydrogen-bond acceptors (Lipinski definition) is 2. The van der Waals surface area contributed by atoms with Crippen LogP contribution in [0.4, 0.5) is 4.39 Å². The molecule has 1 N–H and O–H groups in total. The highest BCUT2D eigenvalue weighted by Gasteiger charge is 2.15. The van der Waals surface area contributed by atoms with Gasteiger partial charge < -0.3 is 9.84 Å². The van der Waals surface area contributed by atoms with E-state index in [0.717, 1.165) is 16.7 Å². The summed E-state index contributed by atoms with van der Waals surface area (Å²) in [7, 11) is 1.42. The summed E-state index contributed by atoms with van der Waals surface area (Å²) in [5, 5.41) is 10.4.